The molecule has 0 fully saturated rings. The molecule has 2 aromatic rings. The molecule has 0 aromatic heterocycles. The molecule has 0 N–H and O–H groups in total. The number of aldehydes is 1. The Bertz CT molecular complexity index is 803. The maximum Gasteiger partial charge on any atom is 0.411 e. The van der Waals surface area contributed by atoms with Crippen LogP contribution in [0, 0.1) is 0 Å². The smallest absolute Gasteiger partial charge is 0.411 e. The summed E-state index contributed by atoms with van der Waals surface area (Å²) in [5.74, 6) is 0. The SMILES string of the molecule is CC(C)(C)[Si](C)(C)OC[C@H](C=O)N(Cc1ccccc1)C(=O)OCc1ccccc1. The van der Waals surface area contributed by atoms with Gasteiger partial charge in [-0.25, -0.2) is 4.79 Å². The summed E-state index contributed by atoms with van der Waals surface area (Å²) in [6.07, 6.45) is 0.249. The molecule has 1 atom stereocenters. The zero-order valence-corrected chi connectivity index (χ0v) is 19.6. The summed E-state index contributed by atoms with van der Waals surface area (Å²) in [6, 6.07) is 18.4. The normalized spacial score (nSPS) is 12.8. The van der Waals surface area contributed by atoms with Crippen molar-refractivity contribution in [3.63, 3.8) is 0 Å². The van der Waals surface area contributed by atoms with Crippen molar-refractivity contribution in [3.05, 3.63) is 71.8 Å². The minimum absolute atomic E-state index is 0.0124. The Hall–Kier alpha value is -2.44. The maximum atomic E-state index is 12.9. The Morgan fingerprint density at radius 2 is 1.53 bits per heavy atom. The van der Waals surface area contributed by atoms with Crippen molar-refractivity contribution in [2.45, 2.75) is 58.1 Å². The van der Waals surface area contributed by atoms with Crippen LogP contribution in [0.25, 0.3) is 0 Å². The number of benzene rings is 2. The molecule has 30 heavy (non-hydrogen) atoms. The predicted octanol–water partition coefficient (Wildman–Crippen LogP) is 5.41. The van der Waals surface area contributed by atoms with Crippen LogP contribution >= 0.6 is 0 Å². The van der Waals surface area contributed by atoms with Crippen LogP contribution in [0.5, 0.6) is 0 Å². The van der Waals surface area contributed by atoms with Gasteiger partial charge in [-0.15, -0.1) is 0 Å². The van der Waals surface area contributed by atoms with E-state index in [1.807, 2.05) is 60.7 Å². The lowest BCUT2D eigenvalue weighted by molar-refractivity contribution is -0.113. The second-order valence-electron chi connectivity index (χ2n) is 8.93. The molecule has 2 aromatic carbocycles. The van der Waals surface area contributed by atoms with Crippen molar-refractivity contribution in [2.75, 3.05) is 6.61 Å². The van der Waals surface area contributed by atoms with E-state index >= 15 is 0 Å². The van der Waals surface area contributed by atoms with E-state index in [9.17, 15) is 9.59 Å². The average Bonchev–Trinajstić information content (AvgIpc) is 2.72. The summed E-state index contributed by atoms with van der Waals surface area (Å²) in [7, 11) is -2.07. The van der Waals surface area contributed by atoms with Gasteiger partial charge in [0.25, 0.3) is 0 Å². The summed E-state index contributed by atoms with van der Waals surface area (Å²) >= 11 is 0. The van der Waals surface area contributed by atoms with Gasteiger partial charge < -0.3 is 14.0 Å². The van der Waals surface area contributed by atoms with Crippen molar-refractivity contribution < 1.29 is 18.8 Å². The van der Waals surface area contributed by atoms with E-state index in [2.05, 4.69) is 33.9 Å². The Morgan fingerprint density at radius 3 is 2.03 bits per heavy atom. The second-order valence-corrected chi connectivity index (χ2v) is 13.7. The Kier molecular flexibility index (Phi) is 8.38. The Morgan fingerprint density at radius 1 is 1.00 bits per heavy atom. The Labute approximate surface area is 181 Å². The van der Waals surface area contributed by atoms with Crippen LogP contribution in [-0.4, -0.2) is 38.2 Å². The molecule has 0 heterocycles. The van der Waals surface area contributed by atoms with Crippen LogP contribution in [0.2, 0.25) is 18.1 Å². The fourth-order valence-electron chi connectivity index (χ4n) is 2.61. The number of amides is 1. The number of carbonyl (C=O) groups excluding carboxylic acids is 2. The van der Waals surface area contributed by atoms with Gasteiger partial charge in [-0.2, -0.15) is 0 Å². The molecule has 0 saturated carbocycles. The molecule has 0 aliphatic rings. The topological polar surface area (TPSA) is 55.8 Å². The van der Waals surface area contributed by atoms with Gasteiger partial charge >= 0.3 is 6.09 Å². The van der Waals surface area contributed by atoms with Gasteiger partial charge in [-0.3, -0.25) is 4.90 Å². The molecule has 5 nitrogen and oxygen atoms in total. The molecular weight excluding hydrogens is 394 g/mol. The summed E-state index contributed by atoms with van der Waals surface area (Å²) in [4.78, 5) is 26.4. The first-order valence-corrected chi connectivity index (χ1v) is 13.2. The molecule has 0 radical (unpaired) electrons. The van der Waals surface area contributed by atoms with Gasteiger partial charge in [-0.05, 0) is 29.3 Å². The zero-order chi connectivity index (χ0) is 22.2. The van der Waals surface area contributed by atoms with Crippen molar-refractivity contribution in [1.29, 1.82) is 0 Å². The molecule has 0 spiro atoms. The van der Waals surface area contributed by atoms with E-state index < -0.39 is 20.5 Å². The van der Waals surface area contributed by atoms with Crippen molar-refractivity contribution >= 4 is 20.7 Å². The van der Waals surface area contributed by atoms with Crippen LogP contribution < -0.4 is 0 Å². The van der Waals surface area contributed by atoms with E-state index in [1.165, 1.54) is 4.90 Å². The third-order valence-electron chi connectivity index (χ3n) is 5.61. The van der Waals surface area contributed by atoms with E-state index in [0.717, 1.165) is 17.4 Å². The van der Waals surface area contributed by atoms with E-state index in [4.69, 9.17) is 9.16 Å². The molecule has 162 valence electrons. The number of hydrogen-bond acceptors (Lipinski definition) is 4. The average molecular weight is 428 g/mol. The van der Waals surface area contributed by atoms with E-state index in [-0.39, 0.29) is 24.8 Å². The van der Waals surface area contributed by atoms with Gasteiger partial charge in [0, 0.05) is 6.54 Å². The number of hydrogen-bond donors (Lipinski definition) is 0. The summed E-state index contributed by atoms with van der Waals surface area (Å²) < 4.78 is 11.8. The van der Waals surface area contributed by atoms with Crippen molar-refractivity contribution in [1.82, 2.24) is 4.90 Å². The largest absolute Gasteiger partial charge is 0.445 e. The molecule has 2 rings (SSSR count). The lowest BCUT2D eigenvalue weighted by Crippen LogP contribution is -2.48. The summed E-state index contributed by atoms with van der Waals surface area (Å²) in [5, 5.41) is 0.0124. The van der Waals surface area contributed by atoms with Gasteiger partial charge in [0.15, 0.2) is 8.32 Å². The summed E-state index contributed by atoms with van der Waals surface area (Å²) in [6.45, 7) is 11.3. The first kappa shape index (κ1) is 23.8. The maximum absolute atomic E-state index is 12.9. The van der Waals surface area contributed by atoms with Gasteiger partial charge in [0.05, 0.1) is 6.61 Å². The number of ether oxygens (including phenoxy) is 1. The molecule has 1 amide bonds. The summed E-state index contributed by atoms with van der Waals surface area (Å²) in [5.41, 5.74) is 1.82. The van der Waals surface area contributed by atoms with Crippen LogP contribution in [0.1, 0.15) is 31.9 Å². The minimum Gasteiger partial charge on any atom is -0.445 e. The van der Waals surface area contributed by atoms with Crippen LogP contribution in [0.3, 0.4) is 0 Å². The van der Waals surface area contributed by atoms with Crippen LogP contribution in [-0.2, 0) is 27.1 Å². The standard InChI is InChI=1S/C24H33NO4Si/c1-24(2,3)30(4,5)29-19-22(17-26)25(16-20-12-8-6-9-13-20)23(27)28-18-21-14-10-7-11-15-21/h6-15,17,22H,16,18-19H2,1-5H3/t22-/m0/s1. The number of nitrogens with zero attached hydrogens (tertiary/aromatic N) is 1. The Balaban J connectivity index is 2.15. The highest BCUT2D eigenvalue weighted by Crippen LogP contribution is 2.36. The first-order chi connectivity index (χ1) is 14.1. The van der Waals surface area contributed by atoms with Gasteiger partial charge in [-0.1, -0.05) is 81.4 Å². The van der Waals surface area contributed by atoms with Crippen molar-refractivity contribution in [3.8, 4) is 0 Å². The van der Waals surface area contributed by atoms with E-state index in [0.29, 0.717) is 0 Å². The zero-order valence-electron chi connectivity index (χ0n) is 18.6. The monoisotopic (exact) mass is 427 g/mol. The molecule has 0 unspecified atom stereocenters. The van der Waals surface area contributed by atoms with Crippen molar-refractivity contribution in [2.24, 2.45) is 0 Å². The molecule has 0 aliphatic heterocycles. The van der Waals surface area contributed by atoms with Crippen LogP contribution in [0.4, 0.5) is 4.79 Å². The second kappa shape index (κ2) is 10.5. The predicted molar refractivity (Wildman–Crippen MR) is 122 cm³/mol. The highest BCUT2D eigenvalue weighted by Gasteiger charge is 2.38. The highest BCUT2D eigenvalue weighted by molar-refractivity contribution is 6.74. The highest BCUT2D eigenvalue weighted by atomic mass is 28.4. The molecule has 0 saturated heterocycles. The first-order valence-electron chi connectivity index (χ1n) is 10.2. The quantitative estimate of drug-likeness (QED) is 0.396. The molecule has 0 bridgehead atoms. The molecule has 6 heteroatoms. The fourth-order valence-corrected chi connectivity index (χ4v) is 3.63. The van der Waals surface area contributed by atoms with Gasteiger partial charge in [0.1, 0.15) is 18.9 Å². The molecule has 0 aliphatic carbocycles. The lowest BCUT2D eigenvalue weighted by atomic mass is 10.2. The fraction of sp³-hybridized carbons (Fsp3) is 0.417. The molecular formula is C24H33NO4Si. The third kappa shape index (κ3) is 6.81. The van der Waals surface area contributed by atoms with E-state index in [1.54, 1.807) is 0 Å². The van der Waals surface area contributed by atoms with Gasteiger partial charge in [0.2, 0.25) is 0 Å². The van der Waals surface area contributed by atoms with Crippen LogP contribution in [0.15, 0.2) is 60.7 Å². The number of carbonyl (C=O) groups is 2. The third-order valence-corrected chi connectivity index (χ3v) is 10.1. The minimum atomic E-state index is -2.07. The lowest BCUT2D eigenvalue weighted by Gasteiger charge is -2.38. The number of rotatable bonds is 9.